The predicted molar refractivity (Wildman–Crippen MR) is 49.6 cm³/mol. The maximum absolute atomic E-state index is 12.7. The van der Waals surface area contributed by atoms with Crippen LogP contribution in [0.3, 0.4) is 0 Å². The minimum Gasteiger partial charge on any atom is -0.490 e. The molecule has 0 saturated heterocycles. The molecule has 0 unspecified atom stereocenters. The van der Waals surface area contributed by atoms with Gasteiger partial charge in [0.2, 0.25) is 0 Å². The molecule has 1 aliphatic rings. The number of halogens is 3. The van der Waals surface area contributed by atoms with Crippen molar-refractivity contribution < 1.29 is 13.5 Å². The van der Waals surface area contributed by atoms with Gasteiger partial charge in [0.1, 0.15) is 23.5 Å². The maximum atomic E-state index is 12.7. The van der Waals surface area contributed by atoms with E-state index in [9.17, 15) is 8.78 Å². The molecule has 14 heavy (non-hydrogen) atoms. The minimum absolute atomic E-state index is 0.00120. The van der Waals surface area contributed by atoms with E-state index in [4.69, 9.17) is 16.3 Å². The normalized spacial score (nSPS) is 25.6. The monoisotopic (exact) mass is 218 g/mol. The van der Waals surface area contributed by atoms with E-state index < -0.39 is 11.6 Å². The lowest BCUT2D eigenvalue weighted by atomic mass is 9.95. The highest BCUT2D eigenvalue weighted by atomic mass is 35.5. The van der Waals surface area contributed by atoms with Gasteiger partial charge in [-0.1, -0.05) is 0 Å². The third kappa shape index (κ3) is 2.15. The Bertz CT molecular complexity index is 317. The average molecular weight is 219 g/mol. The Morgan fingerprint density at radius 3 is 2.21 bits per heavy atom. The van der Waals surface area contributed by atoms with Crippen molar-refractivity contribution in [2.75, 3.05) is 0 Å². The van der Waals surface area contributed by atoms with Crippen LogP contribution in [0.5, 0.6) is 5.75 Å². The van der Waals surface area contributed by atoms with E-state index in [0.717, 1.165) is 18.9 Å². The van der Waals surface area contributed by atoms with Crippen LogP contribution in [0.2, 0.25) is 0 Å². The molecule has 0 amide bonds. The molecule has 0 bridgehead atoms. The fourth-order valence-electron chi connectivity index (χ4n) is 1.39. The summed E-state index contributed by atoms with van der Waals surface area (Å²) in [5, 5.41) is 0.137. The van der Waals surface area contributed by atoms with Crippen LogP contribution in [0.15, 0.2) is 18.2 Å². The highest BCUT2D eigenvalue weighted by Gasteiger charge is 2.29. The predicted octanol–water partition coefficient (Wildman–Crippen LogP) is 3.11. The second kappa shape index (κ2) is 3.73. The second-order valence-corrected chi connectivity index (χ2v) is 4.03. The van der Waals surface area contributed by atoms with Gasteiger partial charge in [-0.3, -0.25) is 0 Å². The van der Waals surface area contributed by atoms with Crippen LogP contribution in [0.4, 0.5) is 8.78 Å². The average Bonchev–Trinajstić information content (AvgIpc) is 1.99. The third-order valence-electron chi connectivity index (χ3n) is 2.18. The summed E-state index contributed by atoms with van der Waals surface area (Å²) >= 11 is 5.74. The molecule has 1 nitrogen and oxygen atoms in total. The molecule has 1 fully saturated rings. The van der Waals surface area contributed by atoms with Gasteiger partial charge in [0.15, 0.2) is 0 Å². The van der Waals surface area contributed by atoms with E-state index in [-0.39, 0.29) is 17.2 Å². The van der Waals surface area contributed by atoms with E-state index in [2.05, 4.69) is 0 Å². The first-order chi connectivity index (χ1) is 6.63. The lowest BCUT2D eigenvalue weighted by Crippen LogP contribution is -2.34. The van der Waals surface area contributed by atoms with Gasteiger partial charge in [-0.25, -0.2) is 8.78 Å². The Hall–Kier alpha value is -0.830. The molecule has 0 radical (unpaired) electrons. The van der Waals surface area contributed by atoms with Crippen molar-refractivity contribution >= 4 is 11.6 Å². The number of hydrogen-bond acceptors (Lipinski definition) is 1. The Morgan fingerprint density at radius 1 is 1.14 bits per heavy atom. The maximum Gasteiger partial charge on any atom is 0.129 e. The van der Waals surface area contributed by atoms with E-state index in [1.54, 1.807) is 0 Å². The summed E-state index contributed by atoms with van der Waals surface area (Å²) in [6.45, 7) is 0. The highest BCUT2D eigenvalue weighted by Crippen LogP contribution is 2.30. The Labute approximate surface area is 85.6 Å². The molecule has 1 saturated carbocycles. The summed E-state index contributed by atoms with van der Waals surface area (Å²) in [4.78, 5) is 0. The number of alkyl halides is 1. The van der Waals surface area contributed by atoms with Gasteiger partial charge in [0.25, 0.3) is 0 Å². The molecule has 1 aliphatic carbocycles. The summed E-state index contributed by atoms with van der Waals surface area (Å²) in [7, 11) is 0. The first-order valence-electron chi connectivity index (χ1n) is 4.40. The zero-order valence-electron chi connectivity index (χ0n) is 7.34. The lowest BCUT2D eigenvalue weighted by Gasteiger charge is -2.31. The van der Waals surface area contributed by atoms with E-state index in [0.29, 0.717) is 0 Å². The quantitative estimate of drug-likeness (QED) is 0.693. The van der Waals surface area contributed by atoms with Crippen molar-refractivity contribution in [1.82, 2.24) is 0 Å². The molecule has 0 spiro atoms. The molecular formula is C10H9ClF2O. The van der Waals surface area contributed by atoms with Crippen molar-refractivity contribution in [3.8, 4) is 5.75 Å². The smallest absolute Gasteiger partial charge is 0.129 e. The SMILES string of the molecule is Fc1cc(F)cc(OC2CC(Cl)C2)c1. The summed E-state index contributed by atoms with van der Waals surface area (Å²) in [6, 6.07) is 3.16. The molecule has 4 heteroatoms. The van der Waals surface area contributed by atoms with Gasteiger partial charge in [-0.2, -0.15) is 0 Å². The summed E-state index contributed by atoms with van der Waals surface area (Å²) in [5.41, 5.74) is 0. The fourth-order valence-corrected chi connectivity index (χ4v) is 1.78. The third-order valence-corrected chi connectivity index (χ3v) is 2.53. The van der Waals surface area contributed by atoms with Crippen LogP contribution in [-0.2, 0) is 0 Å². The van der Waals surface area contributed by atoms with Crippen molar-refractivity contribution in [3.63, 3.8) is 0 Å². The largest absolute Gasteiger partial charge is 0.490 e. The molecule has 0 aromatic heterocycles. The topological polar surface area (TPSA) is 9.23 Å². The molecule has 1 aromatic rings. The molecule has 0 aliphatic heterocycles. The lowest BCUT2D eigenvalue weighted by molar-refractivity contribution is 0.123. The van der Waals surface area contributed by atoms with Crippen molar-refractivity contribution in [2.24, 2.45) is 0 Å². The van der Waals surface area contributed by atoms with Crippen molar-refractivity contribution in [2.45, 2.75) is 24.3 Å². The Balaban J connectivity index is 2.02. The van der Waals surface area contributed by atoms with Crippen LogP contribution >= 0.6 is 11.6 Å². The summed E-state index contributed by atoms with van der Waals surface area (Å²) in [5.74, 6) is -1.01. The first-order valence-corrected chi connectivity index (χ1v) is 4.84. The zero-order chi connectivity index (χ0) is 10.1. The van der Waals surface area contributed by atoms with Crippen LogP contribution in [0.25, 0.3) is 0 Å². The summed E-state index contributed by atoms with van der Waals surface area (Å²) in [6.07, 6.45) is 1.47. The van der Waals surface area contributed by atoms with Gasteiger partial charge < -0.3 is 4.74 Å². The number of ether oxygens (including phenoxy) is 1. The molecular weight excluding hydrogens is 210 g/mol. The Kier molecular flexibility index (Phi) is 2.59. The van der Waals surface area contributed by atoms with Gasteiger partial charge in [-0.05, 0) is 0 Å². The number of benzene rings is 1. The second-order valence-electron chi connectivity index (χ2n) is 3.41. The van der Waals surface area contributed by atoms with Crippen LogP contribution in [0.1, 0.15) is 12.8 Å². The standard InChI is InChI=1S/C10H9ClF2O/c11-6-1-9(2-6)14-10-4-7(12)3-8(13)5-10/h3-6,9H,1-2H2. The van der Waals surface area contributed by atoms with E-state index in [1.165, 1.54) is 12.1 Å². The van der Waals surface area contributed by atoms with Crippen molar-refractivity contribution in [1.29, 1.82) is 0 Å². The number of hydrogen-bond donors (Lipinski definition) is 0. The van der Waals surface area contributed by atoms with Gasteiger partial charge >= 0.3 is 0 Å². The van der Waals surface area contributed by atoms with Gasteiger partial charge in [-0.15, -0.1) is 11.6 Å². The van der Waals surface area contributed by atoms with Gasteiger partial charge in [0.05, 0.1) is 0 Å². The van der Waals surface area contributed by atoms with E-state index in [1.807, 2.05) is 0 Å². The molecule has 0 N–H and O–H groups in total. The van der Waals surface area contributed by atoms with Crippen LogP contribution < -0.4 is 4.74 Å². The molecule has 0 heterocycles. The molecule has 76 valence electrons. The molecule has 0 atom stereocenters. The highest BCUT2D eigenvalue weighted by molar-refractivity contribution is 6.21. The van der Waals surface area contributed by atoms with Crippen LogP contribution in [-0.4, -0.2) is 11.5 Å². The minimum atomic E-state index is -0.623. The van der Waals surface area contributed by atoms with Gasteiger partial charge in [0, 0.05) is 36.4 Å². The fraction of sp³-hybridized carbons (Fsp3) is 0.400. The Morgan fingerprint density at radius 2 is 1.71 bits per heavy atom. The van der Waals surface area contributed by atoms with E-state index >= 15 is 0 Å². The molecule has 1 aromatic carbocycles. The number of rotatable bonds is 2. The zero-order valence-corrected chi connectivity index (χ0v) is 8.10. The van der Waals surface area contributed by atoms with Crippen molar-refractivity contribution in [3.05, 3.63) is 29.8 Å². The van der Waals surface area contributed by atoms with Crippen LogP contribution in [0, 0.1) is 11.6 Å². The summed E-state index contributed by atoms with van der Waals surface area (Å²) < 4.78 is 30.8. The first kappa shape index (κ1) is 9.71. The molecule has 2 rings (SSSR count).